The normalized spacial score (nSPS) is 16.3. The highest BCUT2D eigenvalue weighted by molar-refractivity contribution is 5.90. The number of alkyl carbamates (subject to hydrolysis) is 1. The molecule has 2 aromatic carbocycles. The van der Waals surface area contributed by atoms with Crippen LogP contribution in [0.4, 0.5) is 4.79 Å². The van der Waals surface area contributed by atoms with Crippen LogP contribution in [0.5, 0.6) is 0 Å². The van der Waals surface area contributed by atoms with Crippen LogP contribution in [-0.4, -0.2) is 41.8 Å². The zero-order chi connectivity index (χ0) is 22.9. The molecule has 0 saturated heterocycles. The average Bonchev–Trinajstić information content (AvgIpc) is 3.06. The minimum absolute atomic E-state index is 0.0329. The van der Waals surface area contributed by atoms with E-state index in [4.69, 9.17) is 4.74 Å². The van der Waals surface area contributed by atoms with Crippen LogP contribution in [0, 0.1) is 5.41 Å². The summed E-state index contributed by atoms with van der Waals surface area (Å²) in [6, 6.07) is 16.2. The Kier molecular flexibility index (Phi) is 5.67. The number of carboxylic acids is 1. The molecule has 32 heavy (non-hydrogen) atoms. The number of carbonyl (C=O) groups is 3. The van der Waals surface area contributed by atoms with E-state index in [0.29, 0.717) is 12.8 Å². The first-order valence-electron chi connectivity index (χ1n) is 10.9. The predicted octanol–water partition coefficient (Wildman–Crippen LogP) is 3.67. The highest BCUT2D eigenvalue weighted by Crippen LogP contribution is 2.44. The Morgan fingerprint density at radius 3 is 2.09 bits per heavy atom. The van der Waals surface area contributed by atoms with Gasteiger partial charge in [-0.15, -0.1) is 0 Å². The van der Waals surface area contributed by atoms with E-state index in [1.165, 1.54) is 0 Å². The van der Waals surface area contributed by atoms with E-state index in [2.05, 4.69) is 22.8 Å². The lowest BCUT2D eigenvalue weighted by Gasteiger charge is -2.40. The van der Waals surface area contributed by atoms with Crippen molar-refractivity contribution in [3.63, 3.8) is 0 Å². The van der Waals surface area contributed by atoms with Gasteiger partial charge >= 0.3 is 12.1 Å². The number of aliphatic carboxylic acids is 1. The number of ether oxygens (including phenoxy) is 1. The monoisotopic (exact) mass is 436 g/mol. The molecule has 2 aliphatic carbocycles. The van der Waals surface area contributed by atoms with Gasteiger partial charge in [0.25, 0.3) is 0 Å². The third-order valence-electron chi connectivity index (χ3n) is 6.60. The Hall–Kier alpha value is -3.35. The number of carboxylic acid groups (broad SMARTS) is 1. The van der Waals surface area contributed by atoms with Crippen LogP contribution in [0.1, 0.15) is 50.2 Å². The maximum Gasteiger partial charge on any atom is 0.407 e. The van der Waals surface area contributed by atoms with Crippen LogP contribution in [0.15, 0.2) is 48.5 Å². The van der Waals surface area contributed by atoms with Gasteiger partial charge in [-0.25, -0.2) is 9.59 Å². The van der Waals surface area contributed by atoms with Gasteiger partial charge in [-0.3, -0.25) is 4.79 Å². The van der Waals surface area contributed by atoms with Crippen molar-refractivity contribution in [3.8, 4) is 11.1 Å². The number of amides is 2. The molecule has 1 fully saturated rings. The molecule has 0 aliphatic heterocycles. The van der Waals surface area contributed by atoms with Crippen molar-refractivity contribution < 1.29 is 24.2 Å². The summed E-state index contributed by atoms with van der Waals surface area (Å²) < 4.78 is 5.51. The zero-order valence-corrected chi connectivity index (χ0v) is 18.3. The number of fused-ring (bicyclic) bond motifs is 3. The summed E-state index contributed by atoms with van der Waals surface area (Å²) in [6.07, 6.45) is 1.00. The van der Waals surface area contributed by atoms with E-state index >= 15 is 0 Å². The molecule has 1 saturated carbocycles. The summed E-state index contributed by atoms with van der Waals surface area (Å²) in [5.41, 5.74) is 2.39. The number of hydrogen-bond acceptors (Lipinski definition) is 4. The van der Waals surface area contributed by atoms with Crippen molar-refractivity contribution in [2.45, 2.75) is 44.6 Å². The van der Waals surface area contributed by atoms with Crippen LogP contribution >= 0.6 is 0 Å². The molecule has 0 unspecified atom stereocenters. The Balaban J connectivity index is 1.34. The molecule has 0 spiro atoms. The quantitative estimate of drug-likeness (QED) is 0.614. The molecule has 7 heteroatoms. The average molecular weight is 437 g/mol. The number of carbonyl (C=O) groups excluding carboxylic acids is 2. The second kappa shape index (κ2) is 8.30. The van der Waals surface area contributed by atoms with Crippen LogP contribution < -0.4 is 10.6 Å². The van der Waals surface area contributed by atoms with Gasteiger partial charge in [0.15, 0.2) is 0 Å². The van der Waals surface area contributed by atoms with Crippen molar-refractivity contribution >= 4 is 18.0 Å². The van der Waals surface area contributed by atoms with Gasteiger partial charge in [0.1, 0.15) is 12.1 Å². The van der Waals surface area contributed by atoms with Crippen LogP contribution in [-0.2, 0) is 14.3 Å². The van der Waals surface area contributed by atoms with E-state index < -0.39 is 28.9 Å². The summed E-state index contributed by atoms with van der Waals surface area (Å²) in [5.74, 6) is -1.46. The summed E-state index contributed by atoms with van der Waals surface area (Å²) in [5, 5.41) is 14.7. The lowest BCUT2D eigenvalue weighted by atomic mass is 9.75. The van der Waals surface area contributed by atoms with Crippen LogP contribution in [0.25, 0.3) is 11.1 Å². The smallest absolute Gasteiger partial charge is 0.407 e. The first-order valence-corrected chi connectivity index (χ1v) is 10.9. The molecule has 2 aromatic rings. The molecular formula is C25H28N2O5. The highest BCUT2D eigenvalue weighted by atomic mass is 16.5. The molecule has 2 aliphatic rings. The number of hydrogen-bond donors (Lipinski definition) is 3. The van der Waals surface area contributed by atoms with Gasteiger partial charge in [0, 0.05) is 12.5 Å². The largest absolute Gasteiger partial charge is 0.480 e. The predicted molar refractivity (Wildman–Crippen MR) is 119 cm³/mol. The van der Waals surface area contributed by atoms with E-state index in [0.717, 1.165) is 28.7 Å². The SMILES string of the molecule is CC(C)(CNC(=O)OCC1c2ccccc2-c2ccccc21)C(=O)NC1(C(=O)O)CCC1. The van der Waals surface area contributed by atoms with Crippen molar-refractivity contribution in [1.29, 1.82) is 0 Å². The van der Waals surface area contributed by atoms with Crippen molar-refractivity contribution in [3.05, 3.63) is 59.7 Å². The Morgan fingerprint density at radius 2 is 1.59 bits per heavy atom. The van der Waals surface area contributed by atoms with Gasteiger partial charge < -0.3 is 20.5 Å². The molecule has 168 valence electrons. The molecule has 3 N–H and O–H groups in total. The number of rotatable bonds is 7. The molecule has 0 heterocycles. The molecule has 0 bridgehead atoms. The molecule has 2 amide bonds. The van der Waals surface area contributed by atoms with Gasteiger partial charge in [0.05, 0.1) is 5.41 Å². The van der Waals surface area contributed by atoms with Gasteiger partial charge in [-0.1, -0.05) is 48.5 Å². The van der Waals surface area contributed by atoms with Gasteiger partial charge in [-0.2, -0.15) is 0 Å². The summed E-state index contributed by atoms with van der Waals surface area (Å²) >= 11 is 0. The van der Waals surface area contributed by atoms with E-state index in [1.54, 1.807) is 13.8 Å². The molecule has 4 rings (SSSR count). The minimum atomic E-state index is -1.18. The fourth-order valence-corrected chi connectivity index (χ4v) is 4.33. The fraction of sp³-hybridized carbons (Fsp3) is 0.400. The van der Waals surface area contributed by atoms with Crippen molar-refractivity contribution in [2.75, 3.05) is 13.2 Å². The van der Waals surface area contributed by atoms with E-state index in [1.807, 2.05) is 36.4 Å². The van der Waals surface area contributed by atoms with Crippen LogP contribution in [0.2, 0.25) is 0 Å². The van der Waals surface area contributed by atoms with Crippen molar-refractivity contribution in [2.24, 2.45) is 5.41 Å². The number of benzene rings is 2. The Bertz CT molecular complexity index is 1010. The van der Waals surface area contributed by atoms with Gasteiger partial charge in [-0.05, 0) is 55.4 Å². The maximum absolute atomic E-state index is 12.7. The molecular weight excluding hydrogens is 408 g/mol. The summed E-state index contributed by atoms with van der Waals surface area (Å²) in [4.78, 5) is 36.6. The fourth-order valence-electron chi connectivity index (χ4n) is 4.33. The first kappa shape index (κ1) is 21.9. The summed E-state index contributed by atoms with van der Waals surface area (Å²) in [7, 11) is 0. The second-order valence-corrected chi connectivity index (χ2v) is 9.26. The number of nitrogens with one attached hydrogen (secondary N) is 2. The Morgan fingerprint density at radius 1 is 1.03 bits per heavy atom. The summed E-state index contributed by atoms with van der Waals surface area (Å²) in [6.45, 7) is 3.56. The maximum atomic E-state index is 12.7. The van der Waals surface area contributed by atoms with Crippen molar-refractivity contribution in [1.82, 2.24) is 10.6 Å². The Labute approximate surface area is 187 Å². The zero-order valence-electron chi connectivity index (χ0n) is 18.3. The lowest BCUT2D eigenvalue weighted by Crippen LogP contribution is -2.62. The van der Waals surface area contributed by atoms with Gasteiger partial charge in [0.2, 0.25) is 5.91 Å². The topological polar surface area (TPSA) is 105 Å². The second-order valence-electron chi connectivity index (χ2n) is 9.26. The van der Waals surface area contributed by atoms with E-state index in [9.17, 15) is 19.5 Å². The highest BCUT2D eigenvalue weighted by Gasteiger charge is 2.47. The standard InChI is InChI=1S/C25H28N2O5/c1-24(2,21(28)27-25(22(29)30)12-7-13-25)15-26-23(31)32-14-20-18-10-5-3-8-16(18)17-9-4-6-11-19(17)20/h3-6,8-11,20H,7,12-15H2,1-2H3,(H,26,31)(H,27,28)(H,29,30). The third-order valence-corrected chi connectivity index (χ3v) is 6.60. The van der Waals surface area contributed by atoms with E-state index in [-0.39, 0.29) is 19.1 Å². The van der Waals surface area contributed by atoms with Crippen LogP contribution in [0.3, 0.4) is 0 Å². The lowest BCUT2D eigenvalue weighted by molar-refractivity contribution is -0.153. The molecule has 0 radical (unpaired) electrons. The third kappa shape index (κ3) is 3.95. The molecule has 7 nitrogen and oxygen atoms in total. The first-order chi connectivity index (χ1) is 15.2. The minimum Gasteiger partial charge on any atom is -0.480 e. The molecule has 0 atom stereocenters. The molecule has 0 aromatic heterocycles.